The second-order valence-electron chi connectivity index (χ2n) is 7.26. The van der Waals surface area contributed by atoms with Gasteiger partial charge in [0.1, 0.15) is 5.82 Å². The largest absolute Gasteiger partial charge is 0.341 e. The molecule has 1 aliphatic heterocycles. The SMILES string of the molecule is CN(Cc1cccc(C#N)c1)C(=O)C1CCN(S(=O)(=O)c2ccc(F)c(Cl)c2)CC1. The minimum Gasteiger partial charge on any atom is -0.341 e. The molecule has 9 heteroatoms. The van der Waals surface area contributed by atoms with Crippen LogP contribution in [0.1, 0.15) is 24.0 Å². The summed E-state index contributed by atoms with van der Waals surface area (Å²) in [5, 5.41) is 8.75. The molecule has 0 unspecified atom stereocenters. The van der Waals surface area contributed by atoms with Gasteiger partial charge in [-0.05, 0) is 48.7 Å². The summed E-state index contributed by atoms with van der Waals surface area (Å²) in [5.41, 5.74) is 1.39. The first-order valence-electron chi connectivity index (χ1n) is 9.41. The van der Waals surface area contributed by atoms with E-state index in [1.807, 2.05) is 6.07 Å². The Bertz CT molecular complexity index is 1090. The molecule has 2 aromatic carbocycles. The van der Waals surface area contributed by atoms with Gasteiger partial charge in [0.25, 0.3) is 0 Å². The highest BCUT2D eigenvalue weighted by Crippen LogP contribution is 2.27. The predicted molar refractivity (Wildman–Crippen MR) is 111 cm³/mol. The highest BCUT2D eigenvalue weighted by molar-refractivity contribution is 7.89. The smallest absolute Gasteiger partial charge is 0.243 e. The number of benzene rings is 2. The monoisotopic (exact) mass is 449 g/mol. The summed E-state index contributed by atoms with van der Waals surface area (Å²) in [5.74, 6) is -1.01. The lowest BCUT2D eigenvalue weighted by Crippen LogP contribution is -2.43. The van der Waals surface area contributed by atoms with Gasteiger partial charge < -0.3 is 4.90 Å². The van der Waals surface area contributed by atoms with Gasteiger partial charge in [0, 0.05) is 32.6 Å². The first-order valence-corrected chi connectivity index (χ1v) is 11.2. The van der Waals surface area contributed by atoms with E-state index < -0.39 is 15.8 Å². The number of rotatable bonds is 5. The Labute approximate surface area is 180 Å². The van der Waals surface area contributed by atoms with Gasteiger partial charge in [0.15, 0.2) is 0 Å². The van der Waals surface area contributed by atoms with Crippen molar-refractivity contribution in [3.63, 3.8) is 0 Å². The van der Waals surface area contributed by atoms with Crippen LogP contribution in [0.25, 0.3) is 0 Å². The quantitative estimate of drug-likeness (QED) is 0.700. The highest BCUT2D eigenvalue weighted by atomic mass is 35.5. The number of hydrogen-bond donors (Lipinski definition) is 0. The molecule has 0 saturated carbocycles. The Morgan fingerprint density at radius 3 is 2.60 bits per heavy atom. The van der Waals surface area contributed by atoms with Crippen molar-refractivity contribution in [2.45, 2.75) is 24.3 Å². The van der Waals surface area contributed by atoms with Crippen molar-refractivity contribution in [2.75, 3.05) is 20.1 Å². The average Bonchev–Trinajstić information content (AvgIpc) is 2.75. The molecule has 0 aliphatic carbocycles. The third kappa shape index (κ3) is 4.81. The topological polar surface area (TPSA) is 81.5 Å². The summed E-state index contributed by atoms with van der Waals surface area (Å²) in [4.78, 5) is 14.3. The zero-order valence-corrected chi connectivity index (χ0v) is 18.0. The first kappa shape index (κ1) is 22.2. The van der Waals surface area contributed by atoms with Crippen molar-refractivity contribution >= 4 is 27.5 Å². The van der Waals surface area contributed by atoms with E-state index in [2.05, 4.69) is 6.07 Å². The van der Waals surface area contributed by atoms with Crippen LogP contribution in [0.15, 0.2) is 47.4 Å². The number of carbonyl (C=O) groups excluding carboxylic acids is 1. The zero-order chi connectivity index (χ0) is 21.9. The number of sulfonamides is 1. The summed E-state index contributed by atoms with van der Waals surface area (Å²) in [6.45, 7) is 0.776. The van der Waals surface area contributed by atoms with Crippen LogP contribution in [0.4, 0.5) is 4.39 Å². The number of nitriles is 1. The van der Waals surface area contributed by atoms with Crippen LogP contribution in [0, 0.1) is 23.1 Å². The van der Waals surface area contributed by atoms with Crippen molar-refractivity contribution in [1.82, 2.24) is 9.21 Å². The van der Waals surface area contributed by atoms with Gasteiger partial charge in [0.2, 0.25) is 15.9 Å². The second-order valence-corrected chi connectivity index (χ2v) is 9.61. The first-order chi connectivity index (χ1) is 14.2. The maximum atomic E-state index is 13.3. The Kier molecular flexibility index (Phi) is 6.76. The third-order valence-corrected chi connectivity index (χ3v) is 7.37. The molecule has 0 bridgehead atoms. The summed E-state index contributed by atoms with van der Waals surface area (Å²) in [6.07, 6.45) is 0.797. The molecule has 6 nitrogen and oxygen atoms in total. The Morgan fingerprint density at radius 2 is 1.97 bits per heavy atom. The fourth-order valence-electron chi connectivity index (χ4n) is 3.53. The standard InChI is InChI=1S/C21H21ClFN3O3S/c1-25(14-16-4-2-3-15(11-16)13-24)21(27)17-7-9-26(10-8-17)30(28,29)18-5-6-20(23)19(22)12-18/h2-6,11-12,17H,7-10,14H2,1H3. The van der Waals surface area contributed by atoms with E-state index in [0.29, 0.717) is 24.9 Å². The number of carbonyl (C=O) groups is 1. The lowest BCUT2D eigenvalue weighted by atomic mass is 9.96. The molecule has 2 aromatic rings. The number of halogens is 2. The van der Waals surface area contributed by atoms with E-state index in [9.17, 15) is 17.6 Å². The van der Waals surface area contributed by atoms with Crippen molar-refractivity contribution in [3.05, 3.63) is 64.4 Å². The van der Waals surface area contributed by atoms with Gasteiger partial charge in [-0.1, -0.05) is 23.7 Å². The lowest BCUT2D eigenvalue weighted by Gasteiger charge is -2.32. The molecular formula is C21H21ClFN3O3S. The molecular weight excluding hydrogens is 429 g/mol. The number of amides is 1. The lowest BCUT2D eigenvalue weighted by molar-refractivity contribution is -0.135. The van der Waals surface area contributed by atoms with Crippen LogP contribution in [-0.4, -0.2) is 43.7 Å². The number of piperidine rings is 1. The molecule has 0 spiro atoms. The Balaban J connectivity index is 1.62. The second kappa shape index (κ2) is 9.13. The molecule has 1 saturated heterocycles. The molecule has 30 heavy (non-hydrogen) atoms. The van der Waals surface area contributed by atoms with E-state index in [4.69, 9.17) is 16.9 Å². The fourth-order valence-corrected chi connectivity index (χ4v) is 5.27. The minimum absolute atomic E-state index is 0.0563. The molecule has 0 atom stereocenters. The van der Waals surface area contributed by atoms with E-state index in [-0.39, 0.29) is 34.8 Å². The predicted octanol–water partition coefficient (Wildman–Crippen LogP) is 3.41. The van der Waals surface area contributed by atoms with Gasteiger partial charge in [0.05, 0.1) is 21.6 Å². The third-order valence-electron chi connectivity index (χ3n) is 5.18. The number of hydrogen-bond acceptors (Lipinski definition) is 4. The molecule has 1 fully saturated rings. The maximum Gasteiger partial charge on any atom is 0.243 e. The summed E-state index contributed by atoms with van der Waals surface area (Å²) < 4.78 is 40.2. The van der Waals surface area contributed by atoms with Crippen LogP contribution >= 0.6 is 11.6 Å². The van der Waals surface area contributed by atoms with Crippen molar-refractivity contribution in [2.24, 2.45) is 5.92 Å². The molecule has 0 aromatic heterocycles. The maximum absolute atomic E-state index is 13.3. The van der Waals surface area contributed by atoms with Crippen LogP contribution in [-0.2, 0) is 21.4 Å². The molecule has 0 radical (unpaired) electrons. The van der Waals surface area contributed by atoms with Crippen LogP contribution in [0.5, 0.6) is 0 Å². The molecule has 1 heterocycles. The van der Waals surface area contributed by atoms with Gasteiger partial charge in [-0.15, -0.1) is 0 Å². The molecule has 0 N–H and O–H groups in total. The summed E-state index contributed by atoms with van der Waals surface area (Å²) in [6, 6.07) is 12.5. The van der Waals surface area contributed by atoms with Gasteiger partial charge in [-0.2, -0.15) is 9.57 Å². The average molecular weight is 450 g/mol. The van der Waals surface area contributed by atoms with Crippen LogP contribution < -0.4 is 0 Å². The van der Waals surface area contributed by atoms with Crippen molar-refractivity contribution in [1.29, 1.82) is 5.26 Å². The molecule has 3 rings (SSSR count). The molecule has 1 aliphatic rings. The molecule has 158 valence electrons. The summed E-state index contributed by atoms with van der Waals surface area (Å²) in [7, 11) is -2.10. The van der Waals surface area contributed by atoms with E-state index in [0.717, 1.165) is 17.7 Å². The van der Waals surface area contributed by atoms with E-state index in [1.165, 1.54) is 10.4 Å². The van der Waals surface area contributed by atoms with Crippen LogP contribution in [0.3, 0.4) is 0 Å². The Hall–Kier alpha value is -2.47. The highest BCUT2D eigenvalue weighted by Gasteiger charge is 2.33. The summed E-state index contributed by atoms with van der Waals surface area (Å²) >= 11 is 5.72. The fraction of sp³-hybridized carbons (Fsp3) is 0.333. The van der Waals surface area contributed by atoms with E-state index >= 15 is 0 Å². The Morgan fingerprint density at radius 1 is 1.27 bits per heavy atom. The zero-order valence-electron chi connectivity index (χ0n) is 16.4. The van der Waals surface area contributed by atoms with Crippen molar-refractivity contribution in [3.8, 4) is 6.07 Å². The number of nitrogens with zero attached hydrogens (tertiary/aromatic N) is 3. The molecule has 1 amide bonds. The minimum atomic E-state index is -3.80. The van der Waals surface area contributed by atoms with Gasteiger partial charge in [-0.3, -0.25) is 4.79 Å². The normalized spacial score (nSPS) is 15.5. The van der Waals surface area contributed by atoms with Gasteiger partial charge in [-0.25, -0.2) is 12.8 Å². The van der Waals surface area contributed by atoms with Crippen LogP contribution in [0.2, 0.25) is 5.02 Å². The van der Waals surface area contributed by atoms with E-state index in [1.54, 1.807) is 30.1 Å². The van der Waals surface area contributed by atoms with Crippen molar-refractivity contribution < 1.29 is 17.6 Å². The van der Waals surface area contributed by atoms with Gasteiger partial charge >= 0.3 is 0 Å².